The lowest BCUT2D eigenvalue weighted by Crippen LogP contribution is -2.45. The molecule has 0 saturated heterocycles. The minimum Gasteiger partial charge on any atom is -0.329 e. The molecule has 0 spiro atoms. The first-order valence-electron chi connectivity index (χ1n) is 5.65. The predicted molar refractivity (Wildman–Crippen MR) is 59.8 cm³/mol. The van der Waals surface area contributed by atoms with Crippen molar-refractivity contribution >= 4 is 0 Å². The number of nitrogens with zero attached hydrogens (tertiary/aromatic N) is 1. The molecular weight excluding hydrogens is 160 g/mol. The number of likely N-dealkylation sites (N-methyl/N-ethyl adjacent to an activating group) is 1. The molecule has 0 aromatic carbocycles. The maximum absolute atomic E-state index is 5.81. The molecule has 80 valence electrons. The van der Waals surface area contributed by atoms with E-state index in [-0.39, 0.29) is 0 Å². The highest BCUT2D eigenvalue weighted by Gasteiger charge is 2.19. The van der Waals surface area contributed by atoms with E-state index in [1.165, 1.54) is 19.4 Å². The second kappa shape index (κ2) is 7.34. The molecule has 0 radical (unpaired) electrons. The Morgan fingerprint density at radius 2 is 1.85 bits per heavy atom. The largest absolute Gasteiger partial charge is 0.329 e. The lowest BCUT2D eigenvalue weighted by molar-refractivity contribution is 0.158. The molecule has 0 bridgehead atoms. The van der Waals surface area contributed by atoms with E-state index in [1.807, 2.05) is 0 Å². The van der Waals surface area contributed by atoms with Crippen LogP contribution in [0.2, 0.25) is 0 Å². The van der Waals surface area contributed by atoms with Crippen LogP contribution in [-0.2, 0) is 0 Å². The smallest absolute Gasteiger partial charge is 0.0243 e. The first-order valence-corrected chi connectivity index (χ1v) is 5.65. The molecule has 0 aromatic rings. The maximum atomic E-state index is 5.81. The standard InChI is InChI=1S/C11H26N2/c1-5-8-13(7-3)11(9-12)10(4)6-2/h10-11H,5-9,12H2,1-4H3. The molecule has 13 heavy (non-hydrogen) atoms. The molecule has 0 fully saturated rings. The van der Waals surface area contributed by atoms with Crippen LogP contribution in [0.25, 0.3) is 0 Å². The first kappa shape index (κ1) is 12.9. The van der Waals surface area contributed by atoms with E-state index in [0.717, 1.165) is 19.0 Å². The number of hydrogen-bond donors (Lipinski definition) is 1. The average Bonchev–Trinajstić information content (AvgIpc) is 2.17. The van der Waals surface area contributed by atoms with Crippen molar-refractivity contribution in [3.63, 3.8) is 0 Å². The highest BCUT2D eigenvalue weighted by molar-refractivity contribution is 4.76. The van der Waals surface area contributed by atoms with Crippen molar-refractivity contribution in [2.45, 2.75) is 46.6 Å². The van der Waals surface area contributed by atoms with Crippen molar-refractivity contribution in [2.75, 3.05) is 19.6 Å². The minimum atomic E-state index is 0.579. The average molecular weight is 186 g/mol. The Hall–Kier alpha value is -0.0800. The monoisotopic (exact) mass is 186 g/mol. The summed E-state index contributed by atoms with van der Waals surface area (Å²) < 4.78 is 0. The van der Waals surface area contributed by atoms with Crippen molar-refractivity contribution in [1.29, 1.82) is 0 Å². The molecule has 0 heterocycles. The molecule has 0 aliphatic rings. The lowest BCUT2D eigenvalue weighted by Gasteiger charge is -2.33. The van der Waals surface area contributed by atoms with Crippen molar-refractivity contribution in [1.82, 2.24) is 4.90 Å². The third kappa shape index (κ3) is 4.10. The fourth-order valence-electron chi connectivity index (χ4n) is 1.86. The minimum absolute atomic E-state index is 0.579. The first-order chi connectivity index (χ1) is 6.21. The van der Waals surface area contributed by atoms with Crippen LogP contribution in [0.3, 0.4) is 0 Å². The van der Waals surface area contributed by atoms with Crippen LogP contribution in [0.15, 0.2) is 0 Å². The summed E-state index contributed by atoms with van der Waals surface area (Å²) in [5.74, 6) is 0.719. The van der Waals surface area contributed by atoms with Crippen LogP contribution in [-0.4, -0.2) is 30.6 Å². The summed E-state index contributed by atoms with van der Waals surface area (Å²) in [5.41, 5.74) is 5.81. The Labute approximate surface area is 83.5 Å². The van der Waals surface area contributed by atoms with Gasteiger partial charge in [-0.2, -0.15) is 0 Å². The summed E-state index contributed by atoms with van der Waals surface area (Å²) >= 11 is 0. The predicted octanol–water partition coefficient (Wildman–Crippen LogP) is 2.09. The molecule has 0 amide bonds. The number of hydrogen-bond acceptors (Lipinski definition) is 2. The molecule has 2 unspecified atom stereocenters. The van der Waals surface area contributed by atoms with Crippen LogP contribution in [0, 0.1) is 5.92 Å². The van der Waals surface area contributed by atoms with Gasteiger partial charge in [-0.05, 0) is 25.4 Å². The second-order valence-electron chi connectivity index (χ2n) is 3.82. The highest BCUT2D eigenvalue weighted by atomic mass is 15.2. The van der Waals surface area contributed by atoms with Gasteiger partial charge < -0.3 is 5.73 Å². The zero-order valence-electron chi connectivity index (χ0n) is 9.71. The van der Waals surface area contributed by atoms with Crippen LogP contribution < -0.4 is 5.73 Å². The summed E-state index contributed by atoms with van der Waals surface area (Å²) in [6.45, 7) is 12.1. The van der Waals surface area contributed by atoms with Crippen molar-refractivity contribution < 1.29 is 0 Å². The van der Waals surface area contributed by atoms with E-state index in [1.54, 1.807) is 0 Å². The van der Waals surface area contributed by atoms with Gasteiger partial charge in [-0.1, -0.05) is 34.1 Å². The Morgan fingerprint density at radius 3 is 2.15 bits per heavy atom. The van der Waals surface area contributed by atoms with Gasteiger partial charge in [0.15, 0.2) is 0 Å². The molecule has 2 nitrogen and oxygen atoms in total. The normalized spacial score (nSPS) is 16.2. The van der Waals surface area contributed by atoms with Gasteiger partial charge in [0, 0.05) is 12.6 Å². The van der Waals surface area contributed by atoms with Crippen LogP contribution in [0.5, 0.6) is 0 Å². The molecule has 2 heteroatoms. The van der Waals surface area contributed by atoms with Crippen molar-refractivity contribution in [2.24, 2.45) is 11.7 Å². The third-order valence-electron chi connectivity index (χ3n) is 2.93. The van der Waals surface area contributed by atoms with Gasteiger partial charge >= 0.3 is 0 Å². The van der Waals surface area contributed by atoms with Gasteiger partial charge in [0.2, 0.25) is 0 Å². The van der Waals surface area contributed by atoms with Crippen molar-refractivity contribution in [3.05, 3.63) is 0 Å². The van der Waals surface area contributed by atoms with Gasteiger partial charge in [-0.25, -0.2) is 0 Å². The Kier molecular flexibility index (Phi) is 7.29. The fraction of sp³-hybridized carbons (Fsp3) is 1.00. The van der Waals surface area contributed by atoms with Crippen LogP contribution >= 0.6 is 0 Å². The van der Waals surface area contributed by atoms with E-state index in [4.69, 9.17) is 5.73 Å². The van der Waals surface area contributed by atoms with Gasteiger partial charge in [-0.3, -0.25) is 4.90 Å². The van der Waals surface area contributed by atoms with Crippen molar-refractivity contribution in [3.8, 4) is 0 Å². The number of nitrogens with two attached hydrogens (primary N) is 1. The number of rotatable bonds is 7. The van der Waals surface area contributed by atoms with Gasteiger partial charge in [0.25, 0.3) is 0 Å². The molecule has 2 N–H and O–H groups in total. The molecule has 0 aliphatic heterocycles. The Morgan fingerprint density at radius 1 is 1.23 bits per heavy atom. The van der Waals surface area contributed by atoms with Crippen LogP contribution in [0.4, 0.5) is 0 Å². The summed E-state index contributed by atoms with van der Waals surface area (Å²) in [5, 5.41) is 0. The maximum Gasteiger partial charge on any atom is 0.0243 e. The van der Waals surface area contributed by atoms with E-state index < -0.39 is 0 Å². The Balaban J connectivity index is 4.15. The third-order valence-corrected chi connectivity index (χ3v) is 2.93. The molecule has 0 rings (SSSR count). The van der Waals surface area contributed by atoms with E-state index in [0.29, 0.717) is 6.04 Å². The van der Waals surface area contributed by atoms with E-state index in [2.05, 4.69) is 32.6 Å². The van der Waals surface area contributed by atoms with E-state index in [9.17, 15) is 0 Å². The summed E-state index contributed by atoms with van der Waals surface area (Å²) in [4.78, 5) is 2.51. The zero-order valence-corrected chi connectivity index (χ0v) is 9.71. The van der Waals surface area contributed by atoms with Crippen LogP contribution in [0.1, 0.15) is 40.5 Å². The molecule has 0 aliphatic carbocycles. The summed E-state index contributed by atoms with van der Waals surface area (Å²) in [7, 11) is 0. The quantitative estimate of drug-likeness (QED) is 0.659. The molecule has 2 atom stereocenters. The lowest BCUT2D eigenvalue weighted by atomic mass is 9.97. The molecule has 0 aromatic heterocycles. The van der Waals surface area contributed by atoms with Gasteiger partial charge in [-0.15, -0.1) is 0 Å². The van der Waals surface area contributed by atoms with E-state index >= 15 is 0 Å². The van der Waals surface area contributed by atoms with Gasteiger partial charge in [0.1, 0.15) is 0 Å². The Bertz CT molecular complexity index is 115. The topological polar surface area (TPSA) is 29.3 Å². The van der Waals surface area contributed by atoms with Gasteiger partial charge in [0.05, 0.1) is 0 Å². The summed E-state index contributed by atoms with van der Waals surface area (Å²) in [6, 6.07) is 0.579. The highest BCUT2D eigenvalue weighted by Crippen LogP contribution is 2.13. The fourth-order valence-corrected chi connectivity index (χ4v) is 1.86. The summed E-state index contributed by atoms with van der Waals surface area (Å²) in [6.07, 6.45) is 2.45. The second-order valence-corrected chi connectivity index (χ2v) is 3.82. The SMILES string of the molecule is CCCN(CC)C(CN)C(C)CC. The molecular formula is C11H26N2. The zero-order chi connectivity index (χ0) is 10.3. The molecule has 0 saturated carbocycles.